The predicted octanol–water partition coefficient (Wildman–Crippen LogP) is 3.42. The van der Waals surface area contributed by atoms with Crippen molar-refractivity contribution in [2.75, 3.05) is 7.11 Å². The standard InChI is InChI=1S/C14H11BrFNO2/c1-19-13-4-2-3-9(14(13)16)7-12(18)11-6-5-10(15)8-17-11/h2-6,8H,7H2,1H3. The molecule has 0 bridgehead atoms. The van der Waals surface area contributed by atoms with Crippen LogP contribution in [-0.2, 0) is 6.42 Å². The van der Waals surface area contributed by atoms with Crippen LogP contribution in [0.2, 0.25) is 0 Å². The van der Waals surface area contributed by atoms with Crippen molar-refractivity contribution in [3.63, 3.8) is 0 Å². The molecule has 0 unspecified atom stereocenters. The van der Waals surface area contributed by atoms with E-state index in [1.807, 2.05) is 0 Å². The van der Waals surface area contributed by atoms with Crippen LogP contribution in [0.25, 0.3) is 0 Å². The normalized spacial score (nSPS) is 10.3. The summed E-state index contributed by atoms with van der Waals surface area (Å²) in [6, 6.07) is 8.06. The minimum Gasteiger partial charge on any atom is -0.494 e. The second-order valence-electron chi connectivity index (χ2n) is 3.89. The van der Waals surface area contributed by atoms with E-state index >= 15 is 0 Å². The van der Waals surface area contributed by atoms with Crippen molar-refractivity contribution >= 4 is 21.7 Å². The van der Waals surface area contributed by atoms with Crippen molar-refractivity contribution in [3.05, 3.63) is 58.1 Å². The van der Waals surface area contributed by atoms with Crippen molar-refractivity contribution in [2.24, 2.45) is 0 Å². The van der Waals surface area contributed by atoms with Crippen LogP contribution in [0.3, 0.4) is 0 Å². The number of nitrogens with zero attached hydrogens (tertiary/aromatic N) is 1. The Kier molecular flexibility index (Phi) is 4.27. The maximum atomic E-state index is 13.9. The maximum Gasteiger partial charge on any atom is 0.185 e. The van der Waals surface area contributed by atoms with Crippen LogP contribution in [0.5, 0.6) is 5.75 Å². The second kappa shape index (κ2) is 5.93. The summed E-state index contributed by atoms with van der Waals surface area (Å²) in [5.74, 6) is -0.607. The van der Waals surface area contributed by atoms with Gasteiger partial charge in [-0.25, -0.2) is 4.39 Å². The molecule has 0 amide bonds. The smallest absolute Gasteiger partial charge is 0.185 e. The molecule has 98 valence electrons. The Morgan fingerprint density at radius 1 is 1.37 bits per heavy atom. The van der Waals surface area contributed by atoms with Crippen LogP contribution < -0.4 is 4.74 Å². The highest BCUT2D eigenvalue weighted by Crippen LogP contribution is 2.21. The number of ketones is 1. The van der Waals surface area contributed by atoms with Gasteiger partial charge in [-0.15, -0.1) is 0 Å². The molecule has 2 rings (SSSR count). The number of Topliss-reactive ketones (excluding diaryl/α,β-unsaturated/α-hetero) is 1. The van der Waals surface area contributed by atoms with E-state index in [9.17, 15) is 9.18 Å². The average molecular weight is 324 g/mol. The second-order valence-corrected chi connectivity index (χ2v) is 4.81. The third-order valence-electron chi connectivity index (χ3n) is 2.63. The summed E-state index contributed by atoms with van der Waals surface area (Å²) >= 11 is 3.24. The molecule has 1 heterocycles. The Balaban J connectivity index is 2.21. The summed E-state index contributed by atoms with van der Waals surface area (Å²) < 4.78 is 19.6. The van der Waals surface area contributed by atoms with E-state index in [0.717, 1.165) is 4.47 Å². The molecule has 0 aliphatic heterocycles. The molecule has 5 heteroatoms. The van der Waals surface area contributed by atoms with Gasteiger partial charge in [0.1, 0.15) is 5.69 Å². The zero-order valence-corrected chi connectivity index (χ0v) is 11.8. The van der Waals surface area contributed by atoms with E-state index in [2.05, 4.69) is 20.9 Å². The van der Waals surface area contributed by atoms with Gasteiger partial charge in [0.2, 0.25) is 0 Å². The Labute approximate surface area is 118 Å². The van der Waals surface area contributed by atoms with Crippen molar-refractivity contribution < 1.29 is 13.9 Å². The lowest BCUT2D eigenvalue weighted by atomic mass is 10.1. The molecule has 0 fully saturated rings. The van der Waals surface area contributed by atoms with Crippen LogP contribution in [0.15, 0.2) is 41.0 Å². The fraction of sp³-hybridized carbons (Fsp3) is 0.143. The van der Waals surface area contributed by atoms with Gasteiger partial charge in [0.15, 0.2) is 17.3 Å². The Morgan fingerprint density at radius 2 is 2.16 bits per heavy atom. The molecule has 0 N–H and O–H groups in total. The Morgan fingerprint density at radius 3 is 2.79 bits per heavy atom. The largest absolute Gasteiger partial charge is 0.494 e. The van der Waals surface area contributed by atoms with Crippen LogP contribution >= 0.6 is 15.9 Å². The lowest BCUT2D eigenvalue weighted by Crippen LogP contribution is -2.07. The van der Waals surface area contributed by atoms with E-state index in [0.29, 0.717) is 11.3 Å². The molecule has 19 heavy (non-hydrogen) atoms. The Bertz CT molecular complexity index is 599. The molecule has 0 spiro atoms. The van der Waals surface area contributed by atoms with Gasteiger partial charge in [0, 0.05) is 17.1 Å². The number of hydrogen-bond acceptors (Lipinski definition) is 3. The van der Waals surface area contributed by atoms with E-state index in [1.54, 1.807) is 24.3 Å². The minimum absolute atomic E-state index is 0.0440. The van der Waals surface area contributed by atoms with Gasteiger partial charge in [-0.05, 0) is 39.7 Å². The third kappa shape index (κ3) is 3.17. The summed E-state index contributed by atoms with van der Waals surface area (Å²) in [5, 5.41) is 0. The average Bonchev–Trinajstić information content (AvgIpc) is 2.42. The van der Waals surface area contributed by atoms with Gasteiger partial charge in [0.05, 0.1) is 7.11 Å². The molecule has 0 aliphatic carbocycles. The van der Waals surface area contributed by atoms with E-state index in [-0.39, 0.29) is 18.0 Å². The molecule has 0 radical (unpaired) electrons. The molecule has 3 nitrogen and oxygen atoms in total. The summed E-state index contributed by atoms with van der Waals surface area (Å²) in [7, 11) is 1.39. The first-order valence-corrected chi connectivity index (χ1v) is 6.37. The monoisotopic (exact) mass is 323 g/mol. The van der Waals surface area contributed by atoms with E-state index < -0.39 is 5.82 Å². The zero-order valence-electron chi connectivity index (χ0n) is 10.2. The number of aromatic nitrogens is 1. The first-order chi connectivity index (χ1) is 9.11. The van der Waals surface area contributed by atoms with Crippen molar-refractivity contribution in [3.8, 4) is 5.75 Å². The van der Waals surface area contributed by atoms with Gasteiger partial charge >= 0.3 is 0 Å². The maximum absolute atomic E-state index is 13.9. The summed E-state index contributed by atoms with van der Waals surface area (Å²) in [5.41, 5.74) is 0.611. The fourth-order valence-electron chi connectivity index (χ4n) is 1.65. The fourth-order valence-corrected chi connectivity index (χ4v) is 1.89. The number of carbonyl (C=O) groups is 1. The quantitative estimate of drug-likeness (QED) is 0.809. The Hall–Kier alpha value is -1.75. The van der Waals surface area contributed by atoms with Crippen molar-refractivity contribution in [1.82, 2.24) is 4.98 Å². The molecule has 2 aromatic rings. The molecular formula is C14H11BrFNO2. The zero-order chi connectivity index (χ0) is 13.8. The molecule has 0 atom stereocenters. The molecular weight excluding hydrogens is 313 g/mol. The van der Waals surface area contributed by atoms with Gasteiger partial charge in [0.25, 0.3) is 0 Å². The van der Waals surface area contributed by atoms with Gasteiger partial charge in [-0.1, -0.05) is 12.1 Å². The number of methoxy groups -OCH3 is 1. The first-order valence-electron chi connectivity index (χ1n) is 5.58. The number of hydrogen-bond donors (Lipinski definition) is 0. The number of pyridine rings is 1. The number of rotatable bonds is 4. The number of halogens is 2. The molecule has 0 saturated heterocycles. The van der Waals surface area contributed by atoms with Crippen LogP contribution in [-0.4, -0.2) is 17.9 Å². The predicted molar refractivity (Wildman–Crippen MR) is 72.9 cm³/mol. The molecule has 1 aromatic heterocycles. The van der Waals surface area contributed by atoms with Crippen molar-refractivity contribution in [2.45, 2.75) is 6.42 Å². The highest BCUT2D eigenvalue weighted by Gasteiger charge is 2.14. The van der Waals surface area contributed by atoms with Gasteiger partial charge < -0.3 is 4.74 Å². The van der Waals surface area contributed by atoms with Crippen LogP contribution in [0.1, 0.15) is 16.1 Å². The van der Waals surface area contributed by atoms with E-state index in [4.69, 9.17) is 4.74 Å². The lowest BCUT2D eigenvalue weighted by Gasteiger charge is -2.06. The molecule has 0 saturated carbocycles. The van der Waals surface area contributed by atoms with E-state index in [1.165, 1.54) is 19.4 Å². The van der Waals surface area contributed by atoms with Crippen LogP contribution in [0, 0.1) is 5.82 Å². The van der Waals surface area contributed by atoms with Gasteiger partial charge in [-0.3, -0.25) is 9.78 Å². The third-order valence-corrected chi connectivity index (χ3v) is 3.10. The lowest BCUT2D eigenvalue weighted by molar-refractivity contribution is 0.0987. The molecule has 0 aliphatic rings. The summed E-state index contributed by atoms with van der Waals surface area (Å²) in [4.78, 5) is 16.0. The van der Waals surface area contributed by atoms with Crippen LogP contribution in [0.4, 0.5) is 4.39 Å². The summed E-state index contributed by atoms with van der Waals surface area (Å²) in [6.45, 7) is 0. The molecule has 1 aromatic carbocycles. The topological polar surface area (TPSA) is 39.2 Å². The number of carbonyl (C=O) groups excluding carboxylic acids is 1. The summed E-state index contributed by atoms with van der Waals surface area (Å²) in [6.07, 6.45) is 1.49. The SMILES string of the molecule is COc1cccc(CC(=O)c2ccc(Br)cn2)c1F. The first kappa shape index (κ1) is 13.7. The number of ether oxygens (including phenoxy) is 1. The minimum atomic E-state index is -0.504. The highest BCUT2D eigenvalue weighted by molar-refractivity contribution is 9.10. The van der Waals surface area contributed by atoms with Crippen molar-refractivity contribution in [1.29, 1.82) is 0 Å². The van der Waals surface area contributed by atoms with Gasteiger partial charge in [-0.2, -0.15) is 0 Å². The number of benzene rings is 1. The highest BCUT2D eigenvalue weighted by atomic mass is 79.9.